The van der Waals surface area contributed by atoms with Crippen LogP contribution in [-0.2, 0) is 0 Å². The Labute approximate surface area is 169 Å². The molecule has 0 aliphatic heterocycles. The summed E-state index contributed by atoms with van der Waals surface area (Å²) >= 11 is 0. The molecule has 0 spiro atoms. The topological polar surface area (TPSA) is 0 Å². The fourth-order valence-electron chi connectivity index (χ4n) is 2.97. The van der Waals surface area contributed by atoms with E-state index in [1.165, 1.54) is 116 Å². The summed E-state index contributed by atoms with van der Waals surface area (Å²) in [5.41, 5.74) is 0. The van der Waals surface area contributed by atoms with E-state index in [0.29, 0.717) is 0 Å². The summed E-state index contributed by atoms with van der Waals surface area (Å²) < 4.78 is 0. The predicted octanol–water partition coefficient (Wildman–Crippen LogP) is 2.28. The Bertz CT molecular complexity index is 152. The second kappa shape index (κ2) is 27.1. The van der Waals surface area contributed by atoms with Gasteiger partial charge in [-0.3, -0.25) is 0 Å². The van der Waals surface area contributed by atoms with Crippen LogP contribution in [0.5, 0.6) is 0 Å². The molecule has 0 atom stereocenters. The van der Waals surface area contributed by atoms with Crippen molar-refractivity contribution in [2.24, 2.45) is 0 Å². The molecule has 0 N–H and O–H groups in total. The Balaban J connectivity index is -0.000000301. The fourth-order valence-corrected chi connectivity index (χ4v) is 2.97. The molecule has 0 amide bonds. The standard InChI is InChI=1S/C20H42.2Li.2H/c1-3-5-7-9-11-13-15-17-19-20-18-16-14-12-10-8-6-4-2;;;;/h3-20H2,1-2H3;;;;/q;2*+1;2*-1. The van der Waals surface area contributed by atoms with Crippen LogP contribution in [0.3, 0.4) is 0 Å². The first kappa shape index (κ1) is 28.0. The predicted molar refractivity (Wildman–Crippen MR) is 96.7 cm³/mol. The summed E-state index contributed by atoms with van der Waals surface area (Å²) in [5, 5.41) is 0. The molecule has 0 aliphatic carbocycles. The smallest absolute Gasteiger partial charge is 1.00 e. The van der Waals surface area contributed by atoms with Crippen LogP contribution in [-0.4, -0.2) is 0 Å². The maximum atomic E-state index is 2.30. The van der Waals surface area contributed by atoms with Gasteiger partial charge in [-0.25, -0.2) is 0 Å². The molecule has 0 fully saturated rings. The molecule has 0 radical (unpaired) electrons. The zero-order valence-corrected chi connectivity index (χ0v) is 16.7. The largest absolute Gasteiger partial charge is 1.00 e. The first-order valence-electron chi connectivity index (χ1n) is 9.91. The minimum atomic E-state index is 0. The average Bonchev–Trinajstić information content (AvgIpc) is 2.47. The van der Waals surface area contributed by atoms with Crippen molar-refractivity contribution in [1.29, 1.82) is 0 Å². The second-order valence-electron chi connectivity index (χ2n) is 6.66. The SMILES string of the molecule is CCCCCCCCCCCCCCCCCCCC.[H-].[H-].[Li+].[Li+]. The summed E-state index contributed by atoms with van der Waals surface area (Å²) in [7, 11) is 0. The zero-order chi connectivity index (χ0) is 14.7. The van der Waals surface area contributed by atoms with Crippen LogP contribution in [0.1, 0.15) is 132 Å². The van der Waals surface area contributed by atoms with Crippen molar-refractivity contribution in [2.75, 3.05) is 0 Å². The first-order chi connectivity index (χ1) is 9.91. The third-order valence-corrected chi connectivity index (χ3v) is 4.46. The van der Waals surface area contributed by atoms with Gasteiger partial charge in [0.05, 0.1) is 0 Å². The molecule has 0 aliphatic rings. The zero-order valence-electron chi connectivity index (χ0n) is 18.7. The van der Waals surface area contributed by atoms with Gasteiger partial charge in [0, 0.05) is 0 Å². The molecule has 0 nitrogen and oxygen atoms in total. The maximum absolute atomic E-state index is 2.30. The molecule has 0 saturated carbocycles. The van der Waals surface area contributed by atoms with E-state index in [0.717, 1.165) is 0 Å². The van der Waals surface area contributed by atoms with E-state index in [-0.39, 0.29) is 40.6 Å². The van der Waals surface area contributed by atoms with Gasteiger partial charge in [-0.15, -0.1) is 0 Å². The Hall–Kier alpha value is 1.19. The summed E-state index contributed by atoms with van der Waals surface area (Å²) in [6, 6.07) is 0. The number of hydrogen-bond donors (Lipinski definition) is 0. The molecule has 0 aromatic carbocycles. The third-order valence-electron chi connectivity index (χ3n) is 4.46. The normalized spacial score (nSPS) is 10.1. The van der Waals surface area contributed by atoms with E-state index in [9.17, 15) is 0 Å². The molecule has 0 unspecified atom stereocenters. The number of unbranched alkanes of at least 4 members (excludes halogenated alkanes) is 17. The van der Waals surface area contributed by atoms with Crippen molar-refractivity contribution in [3.05, 3.63) is 0 Å². The quantitative estimate of drug-likeness (QED) is 0.285. The molecule has 0 rings (SSSR count). The second-order valence-corrected chi connectivity index (χ2v) is 6.66. The molecule has 22 heavy (non-hydrogen) atoms. The van der Waals surface area contributed by atoms with E-state index >= 15 is 0 Å². The van der Waals surface area contributed by atoms with E-state index in [2.05, 4.69) is 13.8 Å². The molecule has 126 valence electrons. The van der Waals surface area contributed by atoms with Crippen LogP contribution < -0.4 is 37.7 Å². The monoisotopic (exact) mass is 298 g/mol. The van der Waals surface area contributed by atoms with Crippen LogP contribution >= 0.6 is 0 Å². The molecule has 0 saturated heterocycles. The molecular weight excluding hydrogens is 254 g/mol. The Morgan fingerprint density at radius 3 is 0.591 bits per heavy atom. The van der Waals surface area contributed by atoms with E-state index in [1.54, 1.807) is 0 Å². The first-order valence-corrected chi connectivity index (χ1v) is 9.91. The number of hydrogen-bond acceptors (Lipinski definition) is 0. The van der Waals surface area contributed by atoms with Crippen LogP contribution in [0.25, 0.3) is 0 Å². The van der Waals surface area contributed by atoms with Crippen molar-refractivity contribution >= 4 is 0 Å². The van der Waals surface area contributed by atoms with Crippen LogP contribution in [0, 0.1) is 0 Å². The molecule has 0 aromatic heterocycles. The van der Waals surface area contributed by atoms with E-state index in [1.807, 2.05) is 0 Å². The van der Waals surface area contributed by atoms with Gasteiger partial charge in [-0.2, -0.15) is 0 Å². The van der Waals surface area contributed by atoms with Gasteiger partial charge in [-0.1, -0.05) is 129 Å². The van der Waals surface area contributed by atoms with Crippen molar-refractivity contribution in [2.45, 2.75) is 129 Å². The summed E-state index contributed by atoms with van der Waals surface area (Å²) in [4.78, 5) is 0. The van der Waals surface area contributed by atoms with Gasteiger partial charge in [0.15, 0.2) is 0 Å². The molecular formula is C20H44Li2. The van der Waals surface area contributed by atoms with Gasteiger partial charge in [0.2, 0.25) is 0 Å². The van der Waals surface area contributed by atoms with Crippen molar-refractivity contribution in [1.82, 2.24) is 0 Å². The third kappa shape index (κ3) is 26.1. The Morgan fingerprint density at radius 2 is 0.455 bits per heavy atom. The average molecular weight is 298 g/mol. The van der Waals surface area contributed by atoms with Crippen molar-refractivity contribution < 1.29 is 40.6 Å². The van der Waals surface area contributed by atoms with Gasteiger partial charge in [0.25, 0.3) is 0 Å². The van der Waals surface area contributed by atoms with Gasteiger partial charge < -0.3 is 2.85 Å². The van der Waals surface area contributed by atoms with Crippen LogP contribution in [0.2, 0.25) is 0 Å². The van der Waals surface area contributed by atoms with E-state index < -0.39 is 0 Å². The van der Waals surface area contributed by atoms with Crippen molar-refractivity contribution in [3.8, 4) is 0 Å². The van der Waals surface area contributed by atoms with E-state index in [4.69, 9.17) is 0 Å². The molecule has 2 heteroatoms. The summed E-state index contributed by atoms with van der Waals surface area (Å²) in [6.07, 6.45) is 26.4. The number of rotatable bonds is 17. The minimum Gasteiger partial charge on any atom is -1.00 e. The Morgan fingerprint density at radius 1 is 0.318 bits per heavy atom. The van der Waals surface area contributed by atoms with Crippen LogP contribution in [0.4, 0.5) is 0 Å². The van der Waals surface area contributed by atoms with Crippen LogP contribution in [0.15, 0.2) is 0 Å². The Kier molecular flexibility index (Phi) is 34.5. The summed E-state index contributed by atoms with van der Waals surface area (Å²) in [6.45, 7) is 4.59. The molecule has 0 bridgehead atoms. The summed E-state index contributed by atoms with van der Waals surface area (Å²) in [5.74, 6) is 0. The van der Waals surface area contributed by atoms with Crippen molar-refractivity contribution in [3.63, 3.8) is 0 Å². The fraction of sp³-hybridized carbons (Fsp3) is 1.00. The maximum Gasteiger partial charge on any atom is 1.00 e. The van der Waals surface area contributed by atoms with Gasteiger partial charge in [-0.05, 0) is 0 Å². The molecule has 0 heterocycles. The minimum absolute atomic E-state index is 0. The van der Waals surface area contributed by atoms with Gasteiger partial charge in [0.1, 0.15) is 0 Å². The molecule has 0 aromatic rings. The van der Waals surface area contributed by atoms with Gasteiger partial charge >= 0.3 is 37.7 Å².